The molecule has 0 radical (unpaired) electrons. The van der Waals surface area contributed by atoms with Crippen molar-refractivity contribution in [1.29, 1.82) is 0 Å². The van der Waals surface area contributed by atoms with Gasteiger partial charge in [-0.3, -0.25) is 4.79 Å². The maximum atomic E-state index is 13.5. The van der Waals surface area contributed by atoms with E-state index in [4.69, 9.17) is 5.73 Å². The minimum atomic E-state index is -1.63. The Morgan fingerprint density at radius 3 is 2.30 bits per heavy atom. The fraction of sp³-hybridized carbons (Fsp3) is 0.462. The maximum absolute atomic E-state index is 13.5. The maximum Gasteiger partial charge on any atom is 0.232 e. The number of rotatable bonds is 2. The Hall–Kier alpha value is -1.63. The Bertz CT molecular complexity index is 538. The van der Waals surface area contributed by atoms with Gasteiger partial charge in [0.2, 0.25) is 5.91 Å². The van der Waals surface area contributed by atoms with Gasteiger partial charge in [0, 0.05) is 12.1 Å². The van der Waals surface area contributed by atoms with Gasteiger partial charge < -0.3 is 11.1 Å². The summed E-state index contributed by atoms with van der Waals surface area (Å²) >= 11 is 0. The third kappa shape index (κ3) is 2.26. The Morgan fingerprint density at radius 2 is 1.85 bits per heavy atom. The molecule has 0 heterocycles. The van der Waals surface area contributed by atoms with Crippen molar-refractivity contribution < 1.29 is 22.4 Å². The van der Waals surface area contributed by atoms with Gasteiger partial charge in [-0.15, -0.1) is 0 Å². The first-order valence-corrected chi connectivity index (χ1v) is 6.17. The topological polar surface area (TPSA) is 55.1 Å². The van der Waals surface area contributed by atoms with Gasteiger partial charge in [-0.25, -0.2) is 17.6 Å². The van der Waals surface area contributed by atoms with Gasteiger partial charge in [-0.1, -0.05) is 6.42 Å². The molecule has 1 saturated carbocycles. The van der Waals surface area contributed by atoms with Crippen LogP contribution in [-0.2, 0) is 4.79 Å². The summed E-state index contributed by atoms with van der Waals surface area (Å²) in [4.78, 5) is 12.1. The molecule has 0 spiro atoms. The lowest BCUT2D eigenvalue weighted by Gasteiger charge is -2.27. The number of carbonyl (C=O) groups excluding carboxylic acids is 1. The van der Waals surface area contributed by atoms with E-state index in [9.17, 15) is 22.4 Å². The molecule has 0 bridgehead atoms. The van der Waals surface area contributed by atoms with Crippen LogP contribution in [0, 0.1) is 28.7 Å². The number of benzene rings is 1. The number of carbonyl (C=O) groups is 1. The van der Waals surface area contributed by atoms with Crippen molar-refractivity contribution in [2.24, 2.45) is 11.1 Å². The number of anilines is 1. The highest BCUT2D eigenvalue weighted by Crippen LogP contribution is 2.38. The minimum absolute atomic E-state index is 0.0866. The van der Waals surface area contributed by atoms with Crippen molar-refractivity contribution in [2.75, 3.05) is 5.32 Å². The molecule has 3 N–H and O–H groups in total. The molecule has 110 valence electrons. The standard InChI is InChI=1S/C13H14F4N2O/c1-13(4-2-3-8(13)18)12(20)19-11-9(16)6(14)5-7(15)10(11)17/h5,8H,2-4,18H2,1H3,(H,19,20). The summed E-state index contributed by atoms with van der Waals surface area (Å²) < 4.78 is 53.1. The van der Waals surface area contributed by atoms with E-state index in [1.807, 2.05) is 5.32 Å². The van der Waals surface area contributed by atoms with Crippen LogP contribution in [-0.4, -0.2) is 11.9 Å². The van der Waals surface area contributed by atoms with Crippen LogP contribution in [0.4, 0.5) is 23.2 Å². The second-order valence-electron chi connectivity index (χ2n) is 5.21. The lowest BCUT2D eigenvalue weighted by Crippen LogP contribution is -2.44. The van der Waals surface area contributed by atoms with Gasteiger partial charge in [-0.2, -0.15) is 0 Å². The predicted molar refractivity (Wildman–Crippen MR) is 64.8 cm³/mol. The van der Waals surface area contributed by atoms with Crippen molar-refractivity contribution >= 4 is 11.6 Å². The average molecular weight is 290 g/mol. The molecule has 2 rings (SSSR count). The number of amides is 1. The molecule has 2 unspecified atom stereocenters. The van der Waals surface area contributed by atoms with Gasteiger partial charge in [0.05, 0.1) is 5.41 Å². The average Bonchev–Trinajstić information content (AvgIpc) is 2.73. The zero-order valence-electron chi connectivity index (χ0n) is 10.8. The fourth-order valence-corrected chi connectivity index (χ4v) is 2.41. The van der Waals surface area contributed by atoms with Crippen molar-refractivity contribution in [3.05, 3.63) is 29.3 Å². The molecule has 0 aliphatic heterocycles. The molecular weight excluding hydrogens is 276 g/mol. The fourth-order valence-electron chi connectivity index (χ4n) is 2.41. The molecule has 20 heavy (non-hydrogen) atoms. The molecule has 1 aromatic carbocycles. The van der Waals surface area contributed by atoms with Crippen molar-refractivity contribution in [3.8, 4) is 0 Å². The van der Waals surface area contributed by atoms with Crippen LogP contribution in [0.3, 0.4) is 0 Å². The SMILES string of the molecule is CC1(C(=O)Nc2c(F)c(F)cc(F)c2F)CCCC1N. The number of hydrogen-bond acceptors (Lipinski definition) is 2. The van der Waals surface area contributed by atoms with Crippen LogP contribution < -0.4 is 11.1 Å². The summed E-state index contributed by atoms with van der Waals surface area (Å²) in [5.74, 6) is -7.15. The Labute approximate surface area is 113 Å². The smallest absolute Gasteiger partial charge is 0.232 e. The van der Waals surface area contributed by atoms with Crippen LogP contribution >= 0.6 is 0 Å². The number of halogens is 4. The largest absolute Gasteiger partial charge is 0.327 e. The van der Waals surface area contributed by atoms with Crippen LogP contribution in [0.1, 0.15) is 26.2 Å². The van der Waals surface area contributed by atoms with E-state index in [-0.39, 0.29) is 6.07 Å². The van der Waals surface area contributed by atoms with E-state index < -0.39 is 46.3 Å². The number of nitrogens with one attached hydrogen (secondary N) is 1. The van der Waals surface area contributed by atoms with Crippen LogP contribution in [0.2, 0.25) is 0 Å². The highest BCUT2D eigenvalue weighted by molar-refractivity contribution is 5.96. The van der Waals surface area contributed by atoms with E-state index in [1.165, 1.54) is 0 Å². The highest BCUT2D eigenvalue weighted by Gasteiger charge is 2.43. The van der Waals surface area contributed by atoms with Crippen LogP contribution in [0.5, 0.6) is 0 Å². The first-order valence-electron chi connectivity index (χ1n) is 6.17. The molecule has 1 aliphatic rings. The summed E-state index contributed by atoms with van der Waals surface area (Å²) in [7, 11) is 0. The van der Waals surface area contributed by atoms with Crippen molar-refractivity contribution in [2.45, 2.75) is 32.2 Å². The van der Waals surface area contributed by atoms with Crippen molar-refractivity contribution in [3.63, 3.8) is 0 Å². The quantitative estimate of drug-likeness (QED) is 0.650. The van der Waals surface area contributed by atoms with E-state index in [2.05, 4.69) is 0 Å². The molecule has 3 nitrogen and oxygen atoms in total. The first-order chi connectivity index (χ1) is 9.27. The second-order valence-corrected chi connectivity index (χ2v) is 5.21. The zero-order valence-corrected chi connectivity index (χ0v) is 10.8. The predicted octanol–water partition coefficient (Wildman–Crippen LogP) is 2.70. The van der Waals surface area contributed by atoms with Crippen LogP contribution in [0.15, 0.2) is 6.07 Å². The normalized spacial score (nSPS) is 25.8. The summed E-state index contributed by atoms with van der Waals surface area (Å²) in [5.41, 5.74) is 3.68. The van der Waals surface area contributed by atoms with E-state index >= 15 is 0 Å². The van der Waals surface area contributed by atoms with Crippen molar-refractivity contribution in [1.82, 2.24) is 0 Å². The van der Waals surface area contributed by atoms with Gasteiger partial charge in [0.1, 0.15) is 5.69 Å². The molecule has 1 aliphatic carbocycles. The van der Waals surface area contributed by atoms with Gasteiger partial charge >= 0.3 is 0 Å². The lowest BCUT2D eigenvalue weighted by molar-refractivity contribution is -0.125. The Balaban J connectivity index is 2.33. The van der Waals surface area contributed by atoms with Gasteiger partial charge in [0.25, 0.3) is 0 Å². The second kappa shape index (κ2) is 5.05. The molecule has 1 amide bonds. The van der Waals surface area contributed by atoms with Gasteiger partial charge in [0.15, 0.2) is 23.3 Å². The third-order valence-electron chi connectivity index (χ3n) is 3.90. The first kappa shape index (κ1) is 14.8. The minimum Gasteiger partial charge on any atom is -0.327 e. The van der Waals surface area contributed by atoms with E-state index in [0.717, 1.165) is 0 Å². The summed E-state index contributed by atoms with van der Waals surface area (Å²) in [6, 6.07) is -0.379. The molecule has 0 aromatic heterocycles. The highest BCUT2D eigenvalue weighted by atomic mass is 19.2. The molecule has 1 aromatic rings. The molecule has 0 saturated heterocycles. The third-order valence-corrected chi connectivity index (χ3v) is 3.90. The number of hydrogen-bond donors (Lipinski definition) is 2. The van der Waals surface area contributed by atoms with E-state index in [1.54, 1.807) is 6.92 Å². The summed E-state index contributed by atoms with van der Waals surface area (Å²) in [6.45, 7) is 1.56. The Morgan fingerprint density at radius 1 is 1.30 bits per heavy atom. The van der Waals surface area contributed by atoms with E-state index in [0.29, 0.717) is 19.3 Å². The van der Waals surface area contributed by atoms with Crippen LogP contribution in [0.25, 0.3) is 0 Å². The molecule has 2 atom stereocenters. The molecular formula is C13H14F4N2O. The zero-order chi connectivity index (χ0) is 15.1. The summed E-state index contributed by atoms with van der Waals surface area (Å²) in [5, 5.41) is 1.92. The monoisotopic (exact) mass is 290 g/mol. The molecule has 7 heteroatoms. The molecule has 1 fully saturated rings. The van der Waals surface area contributed by atoms with Gasteiger partial charge in [-0.05, 0) is 19.8 Å². The number of nitrogens with two attached hydrogens (primary N) is 1. The lowest BCUT2D eigenvalue weighted by atomic mass is 9.84. The Kier molecular flexibility index (Phi) is 3.73. The summed E-state index contributed by atoms with van der Waals surface area (Å²) in [6.07, 6.45) is 1.75.